The Morgan fingerprint density at radius 1 is 0.895 bits per heavy atom. The lowest BCUT2D eigenvalue weighted by atomic mass is 10.1. The maximum absolute atomic E-state index is 2.59. The minimum Gasteiger partial charge on any atom is -0.338 e. The smallest absolute Gasteiger partial charge is 0.282 e. The number of para-hydroxylation sites is 3. The molecule has 0 atom stereocenters. The first-order valence-electron chi connectivity index (χ1n) is 13.7. The summed E-state index contributed by atoms with van der Waals surface area (Å²) in [7, 11) is 9.02. The summed E-state index contributed by atoms with van der Waals surface area (Å²) < 4.78 is 3.44. The zero-order valence-electron chi connectivity index (χ0n) is 23.4. The van der Waals surface area contributed by atoms with Gasteiger partial charge in [0, 0.05) is 29.8 Å². The van der Waals surface area contributed by atoms with Gasteiger partial charge in [0.25, 0.3) is 5.82 Å². The van der Waals surface area contributed by atoms with E-state index in [9.17, 15) is 0 Å². The SMILES string of the molecule is CCCN(CCC[N+](C)(C)C)c1cc(/C=C2\Sc3ccccc3N2C)c2ccccc2[n+]1-c1ccccc1. The van der Waals surface area contributed by atoms with Gasteiger partial charge in [0.05, 0.1) is 51.5 Å². The maximum Gasteiger partial charge on any atom is 0.282 e. The maximum atomic E-state index is 2.59. The molecule has 5 heteroatoms. The van der Waals surface area contributed by atoms with Gasteiger partial charge in [-0.3, -0.25) is 4.90 Å². The fourth-order valence-electron chi connectivity index (χ4n) is 5.24. The number of nitrogens with zero attached hydrogens (tertiary/aromatic N) is 4. The Kier molecular flexibility index (Phi) is 7.78. The Hall–Kier alpha value is -3.28. The van der Waals surface area contributed by atoms with Crippen molar-refractivity contribution >= 4 is 40.2 Å². The third-order valence-electron chi connectivity index (χ3n) is 7.11. The highest BCUT2D eigenvalue weighted by Gasteiger charge is 2.27. The molecule has 1 aliphatic heterocycles. The van der Waals surface area contributed by atoms with Gasteiger partial charge in [0.2, 0.25) is 0 Å². The standard InChI is InChI=1S/C33H40N4S/c1-6-21-35(22-14-23-37(3,4)5)32-24-26(25-33-34(2)30-19-12-13-20-31(30)38-33)28-17-10-11-18-29(28)36(32)27-15-8-7-9-16-27/h7-13,15-20,24-25H,6,14,21-23H2,1-5H3/q+2. The highest BCUT2D eigenvalue weighted by Crippen LogP contribution is 2.45. The number of aromatic nitrogens is 1. The van der Waals surface area contributed by atoms with Gasteiger partial charge in [-0.25, -0.2) is 0 Å². The first-order chi connectivity index (χ1) is 18.4. The fourth-order valence-corrected chi connectivity index (χ4v) is 6.35. The zero-order valence-corrected chi connectivity index (χ0v) is 24.2. The van der Waals surface area contributed by atoms with Gasteiger partial charge >= 0.3 is 0 Å². The molecule has 1 aromatic heterocycles. The van der Waals surface area contributed by atoms with Crippen LogP contribution in [0.3, 0.4) is 0 Å². The topological polar surface area (TPSA) is 10.4 Å². The van der Waals surface area contributed by atoms with Gasteiger partial charge in [-0.1, -0.05) is 67.2 Å². The Balaban J connectivity index is 1.67. The molecule has 0 bridgehead atoms. The summed E-state index contributed by atoms with van der Waals surface area (Å²) >= 11 is 1.85. The molecule has 2 heterocycles. The highest BCUT2D eigenvalue weighted by atomic mass is 32.2. The lowest BCUT2D eigenvalue weighted by Gasteiger charge is -2.26. The molecule has 38 heavy (non-hydrogen) atoms. The predicted molar refractivity (Wildman–Crippen MR) is 164 cm³/mol. The molecule has 0 unspecified atom stereocenters. The molecule has 1 aliphatic rings. The third-order valence-corrected chi connectivity index (χ3v) is 8.28. The summed E-state index contributed by atoms with van der Waals surface area (Å²) in [6.07, 6.45) is 4.63. The molecule has 196 valence electrons. The van der Waals surface area contributed by atoms with Gasteiger partial charge in [-0.05, 0) is 48.4 Å². The molecule has 4 aromatic rings. The molecule has 3 aromatic carbocycles. The van der Waals surface area contributed by atoms with Crippen LogP contribution in [0, 0.1) is 0 Å². The van der Waals surface area contributed by atoms with Crippen LogP contribution in [0.2, 0.25) is 0 Å². The molecule has 4 nitrogen and oxygen atoms in total. The van der Waals surface area contributed by atoms with E-state index < -0.39 is 0 Å². The summed E-state index contributed by atoms with van der Waals surface area (Å²) in [4.78, 5) is 6.23. The second-order valence-electron chi connectivity index (χ2n) is 11.1. The van der Waals surface area contributed by atoms with Crippen molar-refractivity contribution < 1.29 is 9.05 Å². The van der Waals surface area contributed by atoms with Gasteiger partial charge in [0.1, 0.15) is 11.2 Å². The normalized spacial score (nSPS) is 14.3. The second-order valence-corrected chi connectivity index (χ2v) is 12.2. The lowest BCUT2D eigenvalue weighted by molar-refractivity contribution is -0.870. The number of quaternary nitrogens is 1. The van der Waals surface area contributed by atoms with Crippen LogP contribution in [-0.4, -0.2) is 52.3 Å². The van der Waals surface area contributed by atoms with Crippen molar-refractivity contribution in [1.29, 1.82) is 0 Å². The third kappa shape index (κ3) is 5.59. The van der Waals surface area contributed by atoms with Crippen molar-refractivity contribution in [3.63, 3.8) is 0 Å². The highest BCUT2D eigenvalue weighted by molar-refractivity contribution is 8.03. The van der Waals surface area contributed by atoms with Crippen LogP contribution < -0.4 is 14.4 Å². The van der Waals surface area contributed by atoms with Crippen LogP contribution in [0.1, 0.15) is 25.3 Å². The number of rotatable bonds is 9. The number of hydrogen-bond acceptors (Lipinski definition) is 3. The summed E-state index contributed by atoms with van der Waals surface area (Å²) in [5, 5.41) is 2.52. The van der Waals surface area contributed by atoms with Crippen LogP contribution in [0.5, 0.6) is 0 Å². The Bertz CT molecular complexity index is 1440. The zero-order chi connectivity index (χ0) is 26.7. The molecule has 5 rings (SSSR count). The van der Waals surface area contributed by atoms with E-state index in [-0.39, 0.29) is 0 Å². The van der Waals surface area contributed by atoms with E-state index in [0.717, 1.165) is 37.0 Å². The van der Waals surface area contributed by atoms with E-state index in [1.165, 1.54) is 43.6 Å². The van der Waals surface area contributed by atoms with Gasteiger partial charge < -0.3 is 9.38 Å². The summed E-state index contributed by atoms with van der Waals surface area (Å²) in [5.41, 5.74) is 4.97. The first-order valence-corrected chi connectivity index (χ1v) is 14.5. The van der Waals surface area contributed by atoms with Gasteiger partial charge in [-0.2, -0.15) is 4.57 Å². The van der Waals surface area contributed by atoms with Crippen molar-refractivity contribution in [1.82, 2.24) is 0 Å². The van der Waals surface area contributed by atoms with Crippen molar-refractivity contribution in [3.8, 4) is 5.69 Å². The number of hydrogen-bond donors (Lipinski definition) is 0. The molecule has 0 saturated carbocycles. The molecule has 0 aliphatic carbocycles. The second kappa shape index (κ2) is 11.2. The van der Waals surface area contributed by atoms with Crippen molar-refractivity contribution in [2.45, 2.75) is 24.7 Å². The molecule has 0 amide bonds. The van der Waals surface area contributed by atoms with Crippen LogP contribution in [0.25, 0.3) is 22.7 Å². The van der Waals surface area contributed by atoms with E-state index >= 15 is 0 Å². The quantitative estimate of drug-likeness (QED) is 0.173. The van der Waals surface area contributed by atoms with Crippen molar-refractivity contribution in [3.05, 3.63) is 95.5 Å². The minimum atomic E-state index is 0.984. The largest absolute Gasteiger partial charge is 0.338 e. The van der Waals surface area contributed by atoms with E-state index in [1.807, 2.05) is 11.8 Å². The number of benzene rings is 3. The Labute approximate surface area is 232 Å². The fraction of sp³-hybridized carbons (Fsp3) is 0.303. The average molecular weight is 525 g/mol. The van der Waals surface area contributed by atoms with E-state index in [4.69, 9.17) is 0 Å². The van der Waals surface area contributed by atoms with E-state index in [2.05, 4.69) is 140 Å². The molecule has 0 saturated heterocycles. The van der Waals surface area contributed by atoms with Crippen LogP contribution in [0.4, 0.5) is 11.5 Å². The van der Waals surface area contributed by atoms with E-state index in [0.29, 0.717) is 0 Å². The van der Waals surface area contributed by atoms with Gasteiger partial charge in [0.15, 0.2) is 0 Å². The van der Waals surface area contributed by atoms with Crippen LogP contribution in [0.15, 0.2) is 94.9 Å². The van der Waals surface area contributed by atoms with Crippen molar-refractivity contribution in [2.75, 3.05) is 57.6 Å². The number of thioether (sulfide) groups is 1. The number of anilines is 2. The molecular formula is C33H40N4S+2. The monoisotopic (exact) mass is 524 g/mol. The summed E-state index contributed by atoms with van der Waals surface area (Å²) in [6, 6.07) is 30.8. The molecule has 0 fully saturated rings. The first kappa shape index (κ1) is 26.3. The van der Waals surface area contributed by atoms with Crippen molar-refractivity contribution in [2.24, 2.45) is 0 Å². The Morgan fingerprint density at radius 2 is 1.61 bits per heavy atom. The summed E-state index contributed by atoms with van der Waals surface area (Å²) in [5.74, 6) is 1.26. The summed E-state index contributed by atoms with van der Waals surface area (Å²) in [6.45, 7) is 5.49. The molecule has 0 N–H and O–H groups in total. The van der Waals surface area contributed by atoms with Crippen LogP contribution in [-0.2, 0) is 0 Å². The number of fused-ring (bicyclic) bond motifs is 2. The number of pyridine rings is 1. The van der Waals surface area contributed by atoms with Gasteiger partial charge in [-0.15, -0.1) is 0 Å². The molecular weight excluding hydrogens is 484 g/mol. The lowest BCUT2D eigenvalue weighted by Crippen LogP contribution is -2.43. The van der Waals surface area contributed by atoms with Crippen LogP contribution >= 0.6 is 11.8 Å². The average Bonchev–Trinajstić information content (AvgIpc) is 3.23. The van der Waals surface area contributed by atoms with E-state index in [1.54, 1.807) is 0 Å². The molecule has 0 radical (unpaired) electrons. The minimum absolute atomic E-state index is 0.984. The Morgan fingerprint density at radius 3 is 2.34 bits per heavy atom. The molecule has 0 spiro atoms. The predicted octanol–water partition coefficient (Wildman–Crippen LogP) is 6.97.